The molecule has 1 unspecified atom stereocenters. The molecule has 0 aliphatic carbocycles. The van der Waals surface area contributed by atoms with E-state index in [1.54, 1.807) is 6.07 Å². The van der Waals surface area contributed by atoms with Crippen molar-refractivity contribution in [2.24, 2.45) is 5.73 Å². The number of alkyl halides is 3. The van der Waals surface area contributed by atoms with Gasteiger partial charge in [-0.25, -0.2) is 0 Å². The molecule has 1 heterocycles. The van der Waals surface area contributed by atoms with Crippen molar-refractivity contribution in [3.63, 3.8) is 0 Å². The first-order chi connectivity index (χ1) is 9.95. The Morgan fingerprint density at radius 1 is 1.00 bits per heavy atom. The third-order valence-corrected chi connectivity index (χ3v) is 3.79. The summed E-state index contributed by atoms with van der Waals surface area (Å²) in [5.74, 6) is 0. The normalized spacial score (nSPS) is 18.5. The SMILES string of the molecule is NC1Cc2ccccc2CN1c1cccc(C(F)(F)F)c1. The average molecular weight is 292 g/mol. The van der Waals surface area contributed by atoms with Crippen LogP contribution in [0.1, 0.15) is 16.7 Å². The molecule has 2 N–H and O–H groups in total. The van der Waals surface area contributed by atoms with Crippen molar-refractivity contribution < 1.29 is 13.2 Å². The summed E-state index contributed by atoms with van der Waals surface area (Å²) in [6.45, 7) is 0.526. The van der Waals surface area contributed by atoms with Gasteiger partial charge < -0.3 is 10.6 Å². The quantitative estimate of drug-likeness (QED) is 0.871. The summed E-state index contributed by atoms with van der Waals surface area (Å²) in [4.78, 5) is 1.82. The molecule has 0 radical (unpaired) electrons. The van der Waals surface area contributed by atoms with Gasteiger partial charge in [0.25, 0.3) is 0 Å². The zero-order chi connectivity index (χ0) is 15.0. The van der Waals surface area contributed by atoms with Gasteiger partial charge in [0.2, 0.25) is 0 Å². The molecule has 2 aromatic carbocycles. The van der Waals surface area contributed by atoms with Gasteiger partial charge in [-0.15, -0.1) is 0 Å². The second kappa shape index (κ2) is 5.07. The molecule has 2 nitrogen and oxygen atoms in total. The van der Waals surface area contributed by atoms with Crippen molar-refractivity contribution in [1.29, 1.82) is 0 Å². The molecule has 0 amide bonds. The lowest BCUT2D eigenvalue weighted by molar-refractivity contribution is -0.137. The summed E-state index contributed by atoms with van der Waals surface area (Å²) in [5.41, 5.74) is 8.26. The van der Waals surface area contributed by atoms with Crippen LogP contribution in [-0.4, -0.2) is 6.17 Å². The molecule has 0 aromatic heterocycles. The fourth-order valence-electron chi connectivity index (χ4n) is 2.69. The predicted octanol–water partition coefficient (Wildman–Crippen LogP) is 3.55. The maximum atomic E-state index is 12.8. The number of benzene rings is 2. The Morgan fingerprint density at radius 2 is 1.71 bits per heavy atom. The number of rotatable bonds is 1. The van der Waals surface area contributed by atoms with Crippen LogP contribution in [0.4, 0.5) is 18.9 Å². The molecule has 2 aromatic rings. The molecule has 5 heteroatoms. The van der Waals surface area contributed by atoms with E-state index in [1.165, 1.54) is 6.07 Å². The highest BCUT2D eigenvalue weighted by molar-refractivity contribution is 5.52. The van der Waals surface area contributed by atoms with Gasteiger partial charge in [0.15, 0.2) is 0 Å². The van der Waals surface area contributed by atoms with Crippen LogP contribution in [0.25, 0.3) is 0 Å². The third kappa shape index (κ3) is 2.74. The number of anilines is 1. The van der Waals surface area contributed by atoms with Crippen molar-refractivity contribution in [1.82, 2.24) is 0 Å². The van der Waals surface area contributed by atoms with Gasteiger partial charge in [0, 0.05) is 18.7 Å². The maximum absolute atomic E-state index is 12.8. The summed E-state index contributed by atoms with van der Waals surface area (Å²) in [5, 5.41) is 0. The lowest BCUT2D eigenvalue weighted by Crippen LogP contribution is -2.46. The van der Waals surface area contributed by atoms with Gasteiger partial charge in [-0.1, -0.05) is 30.3 Å². The second-order valence-electron chi connectivity index (χ2n) is 5.22. The number of nitrogens with two attached hydrogens (primary N) is 1. The van der Waals surface area contributed by atoms with Gasteiger partial charge in [-0.05, 0) is 29.3 Å². The van der Waals surface area contributed by atoms with Crippen molar-refractivity contribution >= 4 is 5.69 Å². The topological polar surface area (TPSA) is 29.3 Å². The zero-order valence-corrected chi connectivity index (χ0v) is 11.3. The summed E-state index contributed by atoms with van der Waals surface area (Å²) in [7, 11) is 0. The smallest absolute Gasteiger partial charge is 0.352 e. The van der Waals surface area contributed by atoms with Crippen LogP contribution >= 0.6 is 0 Å². The van der Waals surface area contributed by atoms with Gasteiger partial charge in [-0.2, -0.15) is 13.2 Å². The second-order valence-corrected chi connectivity index (χ2v) is 5.22. The lowest BCUT2D eigenvalue weighted by atomic mass is 9.97. The number of hydrogen-bond acceptors (Lipinski definition) is 2. The van der Waals surface area contributed by atoms with E-state index in [0.29, 0.717) is 18.7 Å². The van der Waals surface area contributed by atoms with Gasteiger partial charge in [-0.3, -0.25) is 0 Å². The fourth-order valence-corrected chi connectivity index (χ4v) is 2.69. The van der Waals surface area contributed by atoms with Crippen LogP contribution in [0.2, 0.25) is 0 Å². The average Bonchev–Trinajstić information content (AvgIpc) is 2.46. The molecule has 1 atom stereocenters. The Balaban J connectivity index is 1.94. The standard InChI is InChI=1S/C16H15F3N2/c17-16(18,19)13-6-3-7-14(9-13)21-10-12-5-2-1-4-11(12)8-15(21)20/h1-7,9,15H,8,10,20H2. The summed E-state index contributed by atoms with van der Waals surface area (Å²) >= 11 is 0. The van der Waals surface area contributed by atoms with Gasteiger partial charge in [0.05, 0.1) is 11.7 Å². The minimum atomic E-state index is -4.34. The fraction of sp³-hybridized carbons (Fsp3) is 0.250. The summed E-state index contributed by atoms with van der Waals surface area (Å²) < 4.78 is 38.5. The molecule has 0 spiro atoms. The van der Waals surface area contributed by atoms with Crippen LogP contribution in [-0.2, 0) is 19.1 Å². The maximum Gasteiger partial charge on any atom is 0.416 e. The Bertz CT molecular complexity index is 652. The third-order valence-electron chi connectivity index (χ3n) is 3.79. The molecule has 0 bridgehead atoms. The molecule has 0 saturated carbocycles. The summed E-state index contributed by atoms with van der Waals surface area (Å²) in [6, 6.07) is 13.2. The molecule has 21 heavy (non-hydrogen) atoms. The highest BCUT2D eigenvalue weighted by Crippen LogP contribution is 2.33. The van der Waals surface area contributed by atoms with E-state index in [9.17, 15) is 13.2 Å². The van der Waals surface area contributed by atoms with Gasteiger partial charge in [0.1, 0.15) is 0 Å². The molecule has 0 fully saturated rings. The summed E-state index contributed by atoms with van der Waals surface area (Å²) in [6.07, 6.45) is -4.02. The van der Waals surface area contributed by atoms with Crippen molar-refractivity contribution in [3.05, 3.63) is 65.2 Å². The van der Waals surface area contributed by atoms with E-state index in [4.69, 9.17) is 5.73 Å². The first-order valence-electron chi connectivity index (χ1n) is 6.71. The van der Waals surface area contributed by atoms with Crippen LogP contribution < -0.4 is 10.6 Å². The predicted molar refractivity (Wildman–Crippen MR) is 75.7 cm³/mol. The van der Waals surface area contributed by atoms with Crippen molar-refractivity contribution in [2.45, 2.75) is 25.3 Å². The molecule has 1 aliphatic heterocycles. The monoisotopic (exact) mass is 292 g/mol. The van der Waals surface area contributed by atoms with E-state index in [1.807, 2.05) is 29.2 Å². The number of halogens is 3. The Hall–Kier alpha value is -2.01. The number of fused-ring (bicyclic) bond motifs is 1. The van der Waals surface area contributed by atoms with E-state index >= 15 is 0 Å². The van der Waals surface area contributed by atoms with Crippen molar-refractivity contribution in [3.8, 4) is 0 Å². The lowest BCUT2D eigenvalue weighted by Gasteiger charge is -2.36. The van der Waals surface area contributed by atoms with Crippen molar-refractivity contribution in [2.75, 3.05) is 4.90 Å². The van der Waals surface area contributed by atoms with E-state index in [2.05, 4.69) is 0 Å². The number of nitrogens with zero attached hydrogens (tertiary/aromatic N) is 1. The number of hydrogen-bond donors (Lipinski definition) is 1. The van der Waals surface area contributed by atoms with Crippen LogP contribution in [0.15, 0.2) is 48.5 Å². The molecule has 3 rings (SSSR count). The van der Waals surface area contributed by atoms with Crippen LogP contribution in [0, 0.1) is 0 Å². The van der Waals surface area contributed by atoms with E-state index in [0.717, 1.165) is 23.3 Å². The Labute approximate surface area is 121 Å². The molecule has 1 aliphatic rings. The molecular weight excluding hydrogens is 277 g/mol. The first kappa shape index (κ1) is 13.9. The van der Waals surface area contributed by atoms with Gasteiger partial charge >= 0.3 is 6.18 Å². The van der Waals surface area contributed by atoms with Crippen LogP contribution in [0.3, 0.4) is 0 Å². The van der Waals surface area contributed by atoms with E-state index in [-0.39, 0.29) is 6.17 Å². The largest absolute Gasteiger partial charge is 0.416 e. The van der Waals surface area contributed by atoms with E-state index < -0.39 is 11.7 Å². The minimum Gasteiger partial charge on any atom is -0.352 e. The first-order valence-corrected chi connectivity index (χ1v) is 6.71. The minimum absolute atomic E-state index is 0.316. The Morgan fingerprint density at radius 3 is 2.43 bits per heavy atom. The highest BCUT2D eigenvalue weighted by Gasteiger charge is 2.31. The Kier molecular flexibility index (Phi) is 3.37. The zero-order valence-electron chi connectivity index (χ0n) is 11.3. The molecule has 110 valence electrons. The molecular formula is C16H15F3N2. The molecule has 0 saturated heterocycles. The van der Waals surface area contributed by atoms with Crippen LogP contribution in [0.5, 0.6) is 0 Å². The highest BCUT2D eigenvalue weighted by atomic mass is 19.4.